The number of fused-ring (bicyclic) bond motifs is 1. The fourth-order valence-electron chi connectivity index (χ4n) is 1.47. The molecule has 0 fully saturated rings. The maximum Gasteiger partial charge on any atom is 0.240 e. The van der Waals surface area contributed by atoms with Crippen molar-refractivity contribution in [3.8, 4) is 0 Å². The number of benzene rings is 1. The molecule has 0 saturated carbocycles. The number of hydrogen-bond acceptors (Lipinski definition) is 3. The van der Waals surface area contributed by atoms with E-state index < -0.39 is 6.04 Å². The van der Waals surface area contributed by atoms with E-state index in [1.54, 1.807) is 6.92 Å². The van der Waals surface area contributed by atoms with Crippen LogP contribution in [0.2, 0.25) is 0 Å². The quantitative estimate of drug-likeness (QED) is 0.707. The first-order valence-electron chi connectivity index (χ1n) is 5.09. The standard InChI is InChI=1S/C11H14N4O/c1-6(12)11(16)15-8-3-4-9-10(5-8)14-7(2)13-9/h3-6H,12H2,1-2H3,(H,13,14)(H,15,16)/t6-/m1/s1. The van der Waals surface area contributed by atoms with Crippen LogP contribution in [0.5, 0.6) is 0 Å². The molecular weight excluding hydrogens is 204 g/mol. The van der Waals surface area contributed by atoms with Crippen LogP contribution in [0, 0.1) is 6.92 Å². The Labute approximate surface area is 93.1 Å². The zero-order valence-corrected chi connectivity index (χ0v) is 9.24. The first kappa shape index (κ1) is 10.6. The largest absolute Gasteiger partial charge is 0.342 e. The normalized spacial score (nSPS) is 12.7. The lowest BCUT2D eigenvalue weighted by atomic mass is 10.2. The van der Waals surface area contributed by atoms with Gasteiger partial charge in [-0.3, -0.25) is 4.79 Å². The smallest absolute Gasteiger partial charge is 0.240 e. The summed E-state index contributed by atoms with van der Waals surface area (Å²) in [5, 5.41) is 2.73. The Hall–Kier alpha value is -1.88. The van der Waals surface area contributed by atoms with Crippen molar-refractivity contribution in [3.63, 3.8) is 0 Å². The van der Waals surface area contributed by atoms with Crippen molar-refractivity contribution in [1.29, 1.82) is 0 Å². The second-order valence-corrected chi connectivity index (χ2v) is 3.83. The van der Waals surface area contributed by atoms with Crippen molar-refractivity contribution in [2.24, 2.45) is 5.73 Å². The Morgan fingerprint density at radius 3 is 3.00 bits per heavy atom. The predicted octanol–water partition coefficient (Wildman–Crippen LogP) is 1.16. The van der Waals surface area contributed by atoms with E-state index in [9.17, 15) is 4.79 Å². The number of carbonyl (C=O) groups excluding carboxylic acids is 1. The predicted molar refractivity (Wildman–Crippen MR) is 63.1 cm³/mol. The van der Waals surface area contributed by atoms with Crippen LogP contribution in [0.15, 0.2) is 18.2 Å². The number of carbonyl (C=O) groups is 1. The van der Waals surface area contributed by atoms with Crippen molar-refractivity contribution in [1.82, 2.24) is 9.97 Å². The summed E-state index contributed by atoms with van der Waals surface area (Å²) in [6, 6.07) is 4.99. The minimum atomic E-state index is -0.515. The van der Waals surface area contributed by atoms with Crippen molar-refractivity contribution >= 4 is 22.6 Å². The van der Waals surface area contributed by atoms with Gasteiger partial charge in [-0.2, -0.15) is 0 Å². The van der Waals surface area contributed by atoms with E-state index in [-0.39, 0.29) is 5.91 Å². The van der Waals surface area contributed by atoms with Crippen LogP contribution in [0.3, 0.4) is 0 Å². The molecule has 0 aliphatic carbocycles. The molecule has 0 bridgehead atoms. The van der Waals surface area contributed by atoms with Gasteiger partial charge in [-0.05, 0) is 32.0 Å². The molecular formula is C11H14N4O. The summed E-state index contributed by atoms with van der Waals surface area (Å²) < 4.78 is 0. The number of anilines is 1. The van der Waals surface area contributed by atoms with Crippen LogP contribution in [0.25, 0.3) is 11.0 Å². The Morgan fingerprint density at radius 2 is 2.31 bits per heavy atom. The molecule has 5 nitrogen and oxygen atoms in total. The van der Waals surface area contributed by atoms with Gasteiger partial charge in [0.25, 0.3) is 0 Å². The molecule has 0 aliphatic rings. The number of nitrogens with two attached hydrogens (primary N) is 1. The molecule has 16 heavy (non-hydrogen) atoms. The highest BCUT2D eigenvalue weighted by molar-refractivity contribution is 5.96. The second kappa shape index (κ2) is 3.94. The average Bonchev–Trinajstić information content (AvgIpc) is 2.57. The maximum atomic E-state index is 11.4. The van der Waals surface area contributed by atoms with Crippen LogP contribution < -0.4 is 11.1 Å². The average molecular weight is 218 g/mol. The van der Waals surface area contributed by atoms with Crippen LogP contribution in [-0.4, -0.2) is 21.9 Å². The van der Waals surface area contributed by atoms with Crippen molar-refractivity contribution in [2.75, 3.05) is 5.32 Å². The van der Waals surface area contributed by atoms with E-state index in [0.717, 1.165) is 22.5 Å². The fourth-order valence-corrected chi connectivity index (χ4v) is 1.47. The second-order valence-electron chi connectivity index (χ2n) is 3.83. The fraction of sp³-hybridized carbons (Fsp3) is 0.273. The molecule has 1 amide bonds. The molecule has 5 heteroatoms. The number of rotatable bonds is 2. The highest BCUT2D eigenvalue weighted by atomic mass is 16.2. The number of nitrogens with one attached hydrogen (secondary N) is 2. The third-order valence-electron chi connectivity index (χ3n) is 2.28. The van der Waals surface area contributed by atoms with Crippen LogP contribution in [0.1, 0.15) is 12.7 Å². The molecule has 4 N–H and O–H groups in total. The van der Waals surface area contributed by atoms with Gasteiger partial charge in [0.05, 0.1) is 17.1 Å². The third-order valence-corrected chi connectivity index (χ3v) is 2.28. The number of imidazole rings is 1. The molecule has 2 rings (SSSR count). The first-order valence-corrected chi connectivity index (χ1v) is 5.09. The van der Waals surface area contributed by atoms with Gasteiger partial charge in [0.15, 0.2) is 0 Å². The Kier molecular flexibility index (Phi) is 2.62. The van der Waals surface area contributed by atoms with Gasteiger partial charge < -0.3 is 16.0 Å². The summed E-state index contributed by atoms with van der Waals surface area (Å²) in [6.45, 7) is 3.54. The molecule has 0 saturated heterocycles. The van der Waals surface area contributed by atoms with E-state index in [4.69, 9.17) is 5.73 Å². The van der Waals surface area contributed by atoms with Gasteiger partial charge in [-0.1, -0.05) is 0 Å². The highest BCUT2D eigenvalue weighted by Crippen LogP contribution is 2.16. The van der Waals surface area contributed by atoms with Crippen LogP contribution >= 0.6 is 0 Å². The zero-order chi connectivity index (χ0) is 11.7. The monoisotopic (exact) mass is 218 g/mol. The maximum absolute atomic E-state index is 11.4. The zero-order valence-electron chi connectivity index (χ0n) is 9.24. The van der Waals surface area contributed by atoms with Crippen molar-refractivity contribution in [3.05, 3.63) is 24.0 Å². The molecule has 1 heterocycles. The van der Waals surface area contributed by atoms with Gasteiger partial charge in [-0.25, -0.2) is 4.98 Å². The summed E-state index contributed by atoms with van der Waals surface area (Å²) in [7, 11) is 0. The summed E-state index contributed by atoms with van der Waals surface area (Å²) in [4.78, 5) is 18.8. The SMILES string of the molecule is Cc1nc2ccc(NC(=O)[C@@H](C)N)cc2[nH]1. The Balaban J connectivity index is 2.29. The number of aromatic amines is 1. The van der Waals surface area contributed by atoms with Gasteiger partial charge >= 0.3 is 0 Å². The van der Waals surface area contributed by atoms with E-state index >= 15 is 0 Å². The van der Waals surface area contributed by atoms with Gasteiger partial charge in [0, 0.05) is 5.69 Å². The number of hydrogen-bond donors (Lipinski definition) is 3. The van der Waals surface area contributed by atoms with E-state index in [2.05, 4.69) is 15.3 Å². The summed E-state index contributed by atoms with van der Waals surface area (Å²) in [6.07, 6.45) is 0. The Bertz CT molecular complexity index is 530. The summed E-state index contributed by atoms with van der Waals surface area (Å²) in [5.41, 5.74) is 7.98. The van der Waals surface area contributed by atoms with Crippen molar-refractivity contribution < 1.29 is 4.79 Å². The minimum absolute atomic E-state index is 0.199. The van der Waals surface area contributed by atoms with E-state index in [1.165, 1.54) is 0 Å². The van der Waals surface area contributed by atoms with Gasteiger partial charge in [0.1, 0.15) is 5.82 Å². The van der Waals surface area contributed by atoms with E-state index in [0.29, 0.717) is 0 Å². The molecule has 1 aromatic heterocycles. The summed E-state index contributed by atoms with van der Waals surface area (Å²) >= 11 is 0. The lowest BCUT2D eigenvalue weighted by Crippen LogP contribution is -2.32. The van der Waals surface area contributed by atoms with Gasteiger partial charge in [-0.15, -0.1) is 0 Å². The number of aryl methyl sites for hydroxylation is 1. The summed E-state index contributed by atoms with van der Waals surface area (Å²) in [5.74, 6) is 0.654. The minimum Gasteiger partial charge on any atom is -0.342 e. The molecule has 1 aromatic carbocycles. The highest BCUT2D eigenvalue weighted by Gasteiger charge is 2.08. The molecule has 0 spiro atoms. The topological polar surface area (TPSA) is 83.8 Å². The lowest BCUT2D eigenvalue weighted by Gasteiger charge is -2.07. The molecule has 0 aliphatic heterocycles. The molecule has 2 aromatic rings. The number of aromatic nitrogens is 2. The molecule has 0 radical (unpaired) electrons. The lowest BCUT2D eigenvalue weighted by molar-refractivity contribution is -0.117. The molecule has 84 valence electrons. The third kappa shape index (κ3) is 2.04. The Morgan fingerprint density at radius 1 is 1.56 bits per heavy atom. The molecule has 0 unspecified atom stereocenters. The van der Waals surface area contributed by atoms with Gasteiger partial charge in [0.2, 0.25) is 5.91 Å². The van der Waals surface area contributed by atoms with Crippen molar-refractivity contribution in [2.45, 2.75) is 19.9 Å². The first-order chi connectivity index (χ1) is 7.56. The molecule has 1 atom stereocenters. The van der Waals surface area contributed by atoms with E-state index in [1.807, 2.05) is 25.1 Å². The van der Waals surface area contributed by atoms with Crippen LogP contribution in [0.4, 0.5) is 5.69 Å². The number of amides is 1. The number of nitrogens with zero attached hydrogens (tertiary/aromatic N) is 1. The number of H-pyrrole nitrogens is 1. The van der Waals surface area contributed by atoms with Crippen LogP contribution in [-0.2, 0) is 4.79 Å².